The minimum Gasteiger partial charge on any atom is -0.481 e. The number of nitrogens with zero attached hydrogens (tertiary/aromatic N) is 4. The van der Waals surface area contributed by atoms with Crippen LogP contribution in [-0.2, 0) is 23.2 Å². The summed E-state index contributed by atoms with van der Waals surface area (Å²) in [5.41, 5.74) is 0.356. The number of alkyl halides is 2. The van der Waals surface area contributed by atoms with Gasteiger partial charge in [0.1, 0.15) is 0 Å². The third kappa shape index (κ3) is 5.04. The second kappa shape index (κ2) is 8.80. The van der Waals surface area contributed by atoms with Crippen molar-refractivity contribution < 1.29 is 32.6 Å². The molecule has 0 aliphatic rings. The number of hydrogen-bond donors (Lipinski definition) is 1. The van der Waals surface area contributed by atoms with Gasteiger partial charge >= 0.3 is 11.9 Å². The second-order valence-corrected chi connectivity index (χ2v) is 6.45. The zero-order valence-electron chi connectivity index (χ0n) is 15.8. The van der Waals surface area contributed by atoms with Crippen LogP contribution in [0.3, 0.4) is 0 Å². The summed E-state index contributed by atoms with van der Waals surface area (Å²) in [6.45, 7) is 0.334. The molecule has 1 aromatic carbocycles. The van der Waals surface area contributed by atoms with Crippen LogP contribution in [0.2, 0.25) is 0 Å². The molecule has 0 spiro atoms. The number of esters is 1. The van der Waals surface area contributed by atoms with Gasteiger partial charge in [-0.15, -0.1) is 0 Å². The Labute approximate surface area is 168 Å². The average Bonchev–Trinajstić information content (AvgIpc) is 3.30. The number of rotatable bonds is 8. The first-order valence-electron chi connectivity index (χ1n) is 8.78. The summed E-state index contributed by atoms with van der Waals surface area (Å²) in [7, 11) is 1.77. The molecule has 158 valence electrons. The third-order valence-electron chi connectivity index (χ3n) is 4.13. The largest absolute Gasteiger partial charge is 0.481 e. The number of carboxylic acids is 1. The monoisotopic (exact) mass is 422 g/mol. The van der Waals surface area contributed by atoms with E-state index in [4.69, 9.17) is 9.84 Å². The Morgan fingerprint density at radius 3 is 2.63 bits per heavy atom. The van der Waals surface area contributed by atoms with Crippen molar-refractivity contribution in [2.24, 2.45) is 7.05 Å². The van der Waals surface area contributed by atoms with Gasteiger partial charge in [0, 0.05) is 25.0 Å². The van der Waals surface area contributed by atoms with Crippen molar-refractivity contribution in [3.05, 3.63) is 53.9 Å². The van der Waals surface area contributed by atoms with Crippen molar-refractivity contribution >= 4 is 11.9 Å². The Kier molecular flexibility index (Phi) is 6.19. The number of ether oxygens (including phenoxy) is 1. The lowest BCUT2D eigenvalue weighted by Gasteiger charge is -2.11. The van der Waals surface area contributed by atoms with Gasteiger partial charge in [0.05, 0.1) is 36.8 Å². The van der Waals surface area contributed by atoms with Crippen molar-refractivity contribution in [3.63, 3.8) is 0 Å². The van der Waals surface area contributed by atoms with E-state index in [2.05, 4.69) is 10.2 Å². The van der Waals surface area contributed by atoms with Gasteiger partial charge in [-0.25, -0.2) is 13.2 Å². The van der Waals surface area contributed by atoms with E-state index in [-0.39, 0.29) is 5.56 Å². The number of carboxylic acid groups (broad SMARTS) is 1. The van der Waals surface area contributed by atoms with Crippen LogP contribution >= 0.6 is 0 Å². The zero-order valence-corrected chi connectivity index (χ0v) is 15.8. The SMILES string of the molecule is Cn1ccc(Cn2cc(-c3cc(OC(=O)CCC(=O)O)c(F)c(C(F)F)c3)cn2)n1. The van der Waals surface area contributed by atoms with Gasteiger partial charge in [0.15, 0.2) is 11.6 Å². The Morgan fingerprint density at radius 1 is 1.23 bits per heavy atom. The van der Waals surface area contributed by atoms with Crippen LogP contribution in [0.5, 0.6) is 5.75 Å². The number of benzene rings is 1. The first-order valence-corrected chi connectivity index (χ1v) is 8.78. The van der Waals surface area contributed by atoms with E-state index in [1.54, 1.807) is 30.2 Å². The van der Waals surface area contributed by atoms with Crippen LogP contribution in [0.4, 0.5) is 13.2 Å². The van der Waals surface area contributed by atoms with Gasteiger partial charge < -0.3 is 9.84 Å². The zero-order chi connectivity index (χ0) is 21.8. The Bertz CT molecular complexity index is 1080. The summed E-state index contributed by atoms with van der Waals surface area (Å²) in [6, 6.07) is 3.85. The number of aryl methyl sites for hydroxylation is 1. The molecular weight excluding hydrogens is 405 g/mol. The summed E-state index contributed by atoms with van der Waals surface area (Å²) in [5.74, 6) is -4.36. The van der Waals surface area contributed by atoms with Crippen molar-refractivity contribution in [2.75, 3.05) is 0 Å². The molecule has 0 saturated heterocycles. The summed E-state index contributed by atoms with van der Waals surface area (Å²) >= 11 is 0. The van der Waals surface area contributed by atoms with Crippen LogP contribution in [-0.4, -0.2) is 36.6 Å². The van der Waals surface area contributed by atoms with Gasteiger partial charge in [0.25, 0.3) is 6.43 Å². The molecule has 3 rings (SSSR count). The molecule has 2 aromatic heterocycles. The van der Waals surface area contributed by atoms with E-state index in [1.807, 2.05) is 0 Å². The molecule has 0 amide bonds. The second-order valence-electron chi connectivity index (χ2n) is 6.45. The van der Waals surface area contributed by atoms with Crippen molar-refractivity contribution in [2.45, 2.75) is 25.8 Å². The molecule has 0 unspecified atom stereocenters. The molecule has 2 heterocycles. The molecule has 8 nitrogen and oxygen atoms in total. The van der Waals surface area contributed by atoms with E-state index in [1.165, 1.54) is 10.9 Å². The Morgan fingerprint density at radius 2 is 2.00 bits per heavy atom. The van der Waals surface area contributed by atoms with Crippen molar-refractivity contribution in [1.29, 1.82) is 0 Å². The van der Waals surface area contributed by atoms with Crippen LogP contribution in [0.1, 0.15) is 30.5 Å². The van der Waals surface area contributed by atoms with E-state index < -0.39 is 48.3 Å². The summed E-state index contributed by atoms with van der Waals surface area (Å²) in [5, 5.41) is 17.0. The lowest BCUT2D eigenvalue weighted by Crippen LogP contribution is -2.12. The highest BCUT2D eigenvalue weighted by Crippen LogP contribution is 2.34. The first-order chi connectivity index (χ1) is 14.2. The average molecular weight is 422 g/mol. The highest BCUT2D eigenvalue weighted by molar-refractivity contribution is 5.78. The molecule has 0 atom stereocenters. The van der Waals surface area contributed by atoms with Crippen molar-refractivity contribution in [3.8, 4) is 16.9 Å². The third-order valence-corrected chi connectivity index (χ3v) is 4.13. The summed E-state index contributed by atoms with van der Waals surface area (Å²) < 4.78 is 48.9. The minimum atomic E-state index is -3.15. The maximum absolute atomic E-state index is 14.4. The quantitative estimate of drug-likeness (QED) is 0.442. The minimum absolute atomic E-state index is 0.167. The fourth-order valence-corrected chi connectivity index (χ4v) is 2.71. The van der Waals surface area contributed by atoms with E-state index >= 15 is 0 Å². The standard InChI is InChI=1S/C19H17F3N4O4/c1-25-5-4-13(24-25)10-26-9-12(8-23-26)11-6-14(19(21)22)18(20)15(7-11)30-17(29)3-2-16(27)28/h4-9,19H,2-3,10H2,1H3,(H,27,28). The van der Waals surface area contributed by atoms with Crippen molar-refractivity contribution in [1.82, 2.24) is 19.6 Å². The summed E-state index contributed by atoms with van der Waals surface area (Å²) in [4.78, 5) is 22.3. The number of carbonyl (C=O) groups is 2. The predicted molar refractivity (Wildman–Crippen MR) is 97.4 cm³/mol. The maximum atomic E-state index is 14.4. The number of aliphatic carboxylic acids is 1. The number of aromatic nitrogens is 4. The highest BCUT2D eigenvalue weighted by Gasteiger charge is 2.22. The molecule has 11 heteroatoms. The van der Waals surface area contributed by atoms with Crippen LogP contribution in [0, 0.1) is 5.82 Å². The molecule has 0 bridgehead atoms. The lowest BCUT2D eigenvalue weighted by atomic mass is 10.0. The van der Waals surface area contributed by atoms with Crippen LogP contribution in [0.15, 0.2) is 36.8 Å². The van der Waals surface area contributed by atoms with Gasteiger partial charge in [-0.05, 0) is 23.8 Å². The predicted octanol–water partition coefficient (Wildman–Crippen LogP) is 3.18. The lowest BCUT2D eigenvalue weighted by molar-refractivity contribution is -0.142. The fraction of sp³-hybridized carbons (Fsp3) is 0.263. The highest BCUT2D eigenvalue weighted by atomic mass is 19.3. The van der Waals surface area contributed by atoms with Crippen LogP contribution < -0.4 is 4.74 Å². The molecule has 0 aliphatic heterocycles. The molecule has 0 saturated carbocycles. The van der Waals surface area contributed by atoms with Crippen LogP contribution in [0.25, 0.3) is 11.1 Å². The van der Waals surface area contributed by atoms with Gasteiger partial charge in [-0.1, -0.05) is 0 Å². The molecule has 1 N–H and O–H groups in total. The molecule has 30 heavy (non-hydrogen) atoms. The number of hydrogen-bond acceptors (Lipinski definition) is 5. The number of carbonyl (C=O) groups excluding carboxylic acids is 1. The van der Waals surface area contributed by atoms with E-state index in [0.717, 1.165) is 17.8 Å². The normalized spacial score (nSPS) is 11.1. The molecule has 0 fully saturated rings. The topological polar surface area (TPSA) is 99.2 Å². The molecule has 0 radical (unpaired) electrons. The first kappa shape index (κ1) is 21.1. The molecule has 3 aromatic rings. The molecular formula is C19H17F3N4O4. The smallest absolute Gasteiger partial charge is 0.311 e. The van der Waals surface area contributed by atoms with Gasteiger partial charge in [-0.2, -0.15) is 10.2 Å². The summed E-state index contributed by atoms with van der Waals surface area (Å²) in [6.07, 6.45) is 0.534. The van der Waals surface area contributed by atoms with E-state index in [0.29, 0.717) is 12.1 Å². The van der Waals surface area contributed by atoms with Gasteiger partial charge in [0.2, 0.25) is 0 Å². The molecule has 0 aliphatic carbocycles. The Hall–Kier alpha value is -3.63. The Balaban J connectivity index is 1.88. The maximum Gasteiger partial charge on any atom is 0.311 e. The van der Waals surface area contributed by atoms with Gasteiger partial charge in [-0.3, -0.25) is 19.0 Å². The fourth-order valence-electron chi connectivity index (χ4n) is 2.71. The number of halogens is 3. The van der Waals surface area contributed by atoms with E-state index in [9.17, 15) is 22.8 Å².